The Morgan fingerprint density at radius 2 is 2.07 bits per heavy atom. The molecule has 1 amide bonds. The first-order valence-electron chi connectivity index (χ1n) is 9.31. The number of nitrogens with zero attached hydrogens (tertiary/aromatic N) is 4. The van der Waals surface area contributed by atoms with Crippen LogP contribution in [0.3, 0.4) is 0 Å². The third-order valence-corrected chi connectivity index (χ3v) is 6.02. The number of carbonyl (C=O) groups excluding carboxylic acids is 1. The normalized spacial score (nSPS) is 13.0. The second kappa shape index (κ2) is 7.95. The Morgan fingerprint density at radius 3 is 2.79 bits per heavy atom. The number of hydrogen-bond acceptors (Lipinski definition) is 4. The molecule has 0 radical (unpaired) electrons. The molecule has 1 aliphatic rings. The average molecular weight is 392 g/mol. The number of rotatable bonds is 5. The number of nitrogens with one attached hydrogen (secondary N) is 1. The number of amides is 1. The van der Waals surface area contributed by atoms with Crippen LogP contribution in [0.15, 0.2) is 47.9 Å². The molecule has 4 rings (SSSR count). The fraction of sp³-hybridized carbons (Fsp3) is 0.286. The molecule has 0 atom stereocenters. The number of carbonyl (C=O) groups is 1. The molecule has 0 unspecified atom stereocenters. The fourth-order valence-electron chi connectivity index (χ4n) is 3.69. The second-order valence-corrected chi connectivity index (χ2v) is 7.74. The van der Waals surface area contributed by atoms with Crippen LogP contribution in [-0.2, 0) is 24.7 Å². The first-order valence-corrected chi connectivity index (χ1v) is 10.3. The number of aryl methyl sites for hydroxylation is 1. The predicted octanol–water partition coefficient (Wildman–Crippen LogP) is 3.69. The zero-order chi connectivity index (χ0) is 19.5. The molecule has 2 aromatic heterocycles. The lowest BCUT2D eigenvalue weighted by atomic mass is 9.95. The van der Waals surface area contributed by atoms with Crippen LogP contribution in [0, 0.1) is 11.3 Å². The first kappa shape index (κ1) is 18.4. The minimum atomic E-state index is -0.142. The van der Waals surface area contributed by atoms with Crippen molar-refractivity contribution in [2.45, 2.75) is 30.8 Å². The molecular weight excluding hydrogens is 370 g/mol. The van der Waals surface area contributed by atoms with Crippen molar-refractivity contribution in [2.75, 3.05) is 11.1 Å². The van der Waals surface area contributed by atoms with E-state index in [0.717, 1.165) is 47.8 Å². The van der Waals surface area contributed by atoms with Gasteiger partial charge in [-0.3, -0.25) is 9.36 Å². The number of hydrogen-bond donors (Lipinski definition) is 1. The number of nitriles is 1. The number of thioether (sulfide) groups is 1. The monoisotopic (exact) mass is 391 g/mol. The van der Waals surface area contributed by atoms with Crippen molar-refractivity contribution in [3.05, 3.63) is 59.5 Å². The van der Waals surface area contributed by atoms with Gasteiger partial charge in [0, 0.05) is 30.8 Å². The lowest BCUT2D eigenvalue weighted by Gasteiger charge is -2.17. The van der Waals surface area contributed by atoms with Gasteiger partial charge in [0.15, 0.2) is 5.16 Å². The third-order valence-electron chi connectivity index (χ3n) is 4.96. The van der Waals surface area contributed by atoms with Gasteiger partial charge in [-0.25, -0.2) is 4.98 Å². The zero-order valence-corrected chi connectivity index (χ0v) is 16.5. The Hall–Kier alpha value is -2.98. The Labute approximate surface area is 168 Å². The summed E-state index contributed by atoms with van der Waals surface area (Å²) in [6.07, 6.45) is 7.52. The van der Waals surface area contributed by atoms with Crippen molar-refractivity contribution in [1.29, 1.82) is 5.26 Å². The van der Waals surface area contributed by atoms with Crippen LogP contribution >= 0.6 is 11.8 Å². The summed E-state index contributed by atoms with van der Waals surface area (Å²) < 4.78 is 3.93. The van der Waals surface area contributed by atoms with Crippen molar-refractivity contribution in [3.8, 4) is 11.8 Å². The summed E-state index contributed by atoms with van der Waals surface area (Å²) in [7, 11) is 1.90. The molecule has 142 valence electrons. The molecule has 0 saturated carbocycles. The molecule has 7 heteroatoms. The summed E-state index contributed by atoms with van der Waals surface area (Å²) in [5, 5.41) is 13.6. The van der Waals surface area contributed by atoms with Gasteiger partial charge in [-0.05, 0) is 43.4 Å². The summed E-state index contributed by atoms with van der Waals surface area (Å²) in [6, 6.07) is 12.3. The highest BCUT2D eigenvalue weighted by atomic mass is 32.2. The molecule has 0 fully saturated rings. The minimum absolute atomic E-state index is 0.142. The van der Waals surface area contributed by atoms with Gasteiger partial charge in [0.25, 0.3) is 0 Å². The molecule has 1 N–H and O–H groups in total. The van der Waals surface area contributed by atoms with E-state index in [9.17, 15) is 10.1 Å². The average Bonchev–Trinajstić information content (AvgIpc) is 3.27. The highest BCUT2D eigenvalue weighted by molar-refractivity contribution is 7.99. The van der Waals surface area contributed by atoms with Crippen LogP contribution in [0.5, 0.6) is 0 Å². The summed E-state index contributed by atoms with van der Waals surface area (Å²) >= 11 is 1.38. The number of benzene rings is 1. The molecule has 0 aliphatic heterocycles. The lowest BCUT2D eigenvalue weighted by molar-refractivity contribution is -0.113. The van der Waals surface area contributed by atoms with Crippen LogP contribution in [0.4, 0.5) is 5.82 Å². The number of anilines is 1. The van der Waals surface area contributed by atoms with Gasteiger partial charge in [-0.1, -0.05) is 30.0 Å². The molecule has 3 aromatic rings. The van der Waals surface area contributed by atoms with Gasteiger partial charge >= 0.3 is 0 Å². The Kier molecular flexibility index (Phi) is 5.22. The van der Waals surface area contributed by atoms with E-state index < -0.39 is 0 Å². The van der Waals surface area contributed by atoms with E-state index in [2.05, 4.69) is 20.9 Å². The van der Waals surface area contributed by atoms with Crippen molar-refractivity contribution in [2.24, 2.45) is 7.05 Å². The maximum Gasteiger partial charge on any atom is 0.236 e. The molecular formula is C21H21N5OS. The maximum absolute atomic E-state index is 12.7. The fourth-order valence-corrected chi connectivity index (χ4v) is 4.42. The van der Waals surface area contributed by atoms with E-state index >= 15 is 0 Å². The van der Waals surface area contributed by atoms with Crippen molar-refractivity contribution in [1.82, 2.24) is 14.1 Å². The summed E-state index contributed by atoms with van der Waals surface area (Å²) in [5.41, 5.74) is 3.77. The molecule has 1 aromatic carbocycles. The quantitative estimate of drug-likeness (QED) is 0.673. The predicted molar refractivity (Wildman–Crippen MR) is 110 cm³/mol. The molecule has 6 nitrogen and oxygen atoms in total. The van der Waals surface area contributed by atoms with Gasteiger partial charge in [-0.15, -0.1) is 0 Å². The Balaban J connectivity index is 1.67. The third kappa shape index (κ3) is 3.43. The van der Waals surface area contributed by atoms with Gasteiger partial charge < -0.3 is 9.88 Å². The molecule has 0 bridgehead atoms. The smallest absolute Gasteiger partial charge is 0.236 e. The standard InChI is InChI=1S/C21H21N5OS/c1-25-12-11-23-21(25)28-14-19(27)24-20-17(13-22)16-9-5-6-10-18(16)26(20)15-7-3-2-4-8-15/h2-4,7-8,11-12H,5-6,9-10,14H2,1H3,(H,24,27). The van der Waals surface area contributed by atoms with E-state index in [-0.39, 0.29) is 11.7 Å². The Bertz CT molecular complexity index is 1040. The SMILES string of the molecule is Cn1ccnc1SCC(=O)Nc1c(C#N)c2c(n1-c1ccccc1)CCCC2. The van der Waals surface area contributed by atoms with E-state index in [1.165, 1.54) is 11.8 Å². The molecule has 0 spiro atoms. The molecule has 28 heavy (non-hydrogen) atoms. The van der Waals surface area contributed by atoms with Crippen LogP contribution in [0.25, 0.3) is 5.69 Å². The molecule has 2 heterocycles. The summed E-state index contributed by atoms with van der Waals surface area (Å²) in [4.78, 5) is 16.9. The number of aromatic nitrogens is 3. The van der Waals surface area contributed by atoms with Crippen molar-refractivity contribution >= 4 is 23.5 Å². The maximum atomic E-state index is 12.7. The van der Waals surface area contributed by atoms with Crippen LogP contribution < -0.4 is 5.32 Å². The van der Waals surface area contributed by atoms with E-state index in [0.29, 0.717) is 11.4 Å². The van der Waals surface area contributed by atoms with E-state index in [4.69, 9.17) is 0 Å². The topological polar surface area (TPSA) is 75.6 Å². The Morgan fingerprint density at radius 1 is 1.29 bits per heavy atom. The van der Waals surface area contributed by atoms with E-state index in [1.807, 2.05) is 48.1 Å². The lowest BCUT2D eigenvalue weighted by Crippen LogP contribution is -2.18. The molecule has 1 aliphatic carbocycles. The van der Waals surface area contributed by atoms with Crippen LogP contribution in [0.2, 0.25) is 0 Å². The van der Waals surface area contributed by atoms with Gasteiger partial charge in [0.05, 0.1) is 11.3 Å². The first-order chi connectivity index (χ1) is 13.7. The van der Waals surface area contributed by atoms with Crippen LogP contribution in [0.1, 0.15) is 29.7 Å². The van der Waals surface area contributed by atoms with Crippen molar-refractivity contribution < 1.29 is 4.79 Å². The minimum Gasteiger partial charge on any atom is -0.329 e. The number of para-hydroxylation sites is 1. The molecule has 0 saturated heterocycles. The van der Waals surface area contributed by atoms with Crippen molar-refractivity contribution in [3.63, 3.8) is 0 Å². The second-order valence-electron chi connectivity index (χ2n) is 6.80. The number of imidazole rings is 1. The zero-order valence-electron chi connectivity index (χ0n) is 15.7. The highest BCUT2D eigenvalue weighted by Crippen LogP contribution is 2.35. The highest BCUT2D eigenvalue weighted by Gasteiger charge is 2.26. The van der Waals surface area contributed by atoms with Crippen LogP contribution in [-0.4, -0.2) is 25.8 Å². The summed E-state index contributed by atoms with van der Waals surface area (Å²) in [5.74, 6) is 0.683. The number of fused-ring (bicyclic) bond motifs is 1. The largest absolute Gasteiger partial charge is 0.329 e. The van der Waals surface area contributed by atoms with Gasteiger partial charge in [0.1, 0.15) is 11.9 Å². The van der Waals surface area contributed by atoms with Gasteiger partial charge in [0.2, 0.25) is 5.91 Å². The van der Waals surface area contributed by atoms with Gasteiger partial charge in [-0.2, -0.15) is 5.26 Å². The van der Waals surface area contributed by atoms with E-state index in [1.54, 1.807) is 6.20 Å². The summed E-state index contributed by atoms with van der Waals surface area (Å²) in [6.45, 7) is 0.